The first-order valence-corrected chi connectivity index (χ1v) is 4.40. The smallest absolute Gasteiger partial charge is 0.381 e. The number of ether oxygens (including phenoxy) is 1. The quantitative estimate of drug-likeness (QED) is 0.516. The Kier molecular flexibility index (Phi) is 5.37. The van der Waals surface area contributed by atoms with Crippen molar-refractivity contribution < 1.29 is 48.6 Å². The molecule has 0 radical (unpaired) electrons. The van der Waals surface area contributed by atoms with Crippen LogP contribution in [0, 0.1) is 0 Å². The fourth-order valence-electron chi connectivity index (χ4n) is 0.680. The second kappa shape index (κ2) is 5.63. The van der Waals surface area contributed by atoms with Crippen LogP contribution in [0.2, 0.25) is 0 Å². The molecule has 0 aliphatic rings. The van der Waals surface area contributed by atoms with Gasteiger partial charge in [-0.15, -0.1) is 0 Å². The third-order valence-corrected chi connectivity index (χ3v) is 1.83. The molecule has 0 fully saturated rings. The van der Waals surface area contributed by atoms with Crippen LogP contribution in [0.15, 0.2) is 11.3 Å². The van der Waals surface area contributed by atoms with Crippen molar-refractivity contribution in [1.29, 1.82) is 0 Å². The van der Waals surface area contributed by atoms with E-state index in [1.54, 1.807) is 0 Å². The van der Waals surface area contributed by atoms with Crippen molar-refractivity contribution in [1.82, 2.24) is 0 Å². The Labute approximate surface area is 103 Å². The maximum Gasteiger partial charge on any atom is 0.381 e. The molecule has 0 spiro atoms. The van der Waals surface area contributed by atoms with Gasteiger partial charge in [-0.25, -0.2) is 8.78 Å². The molecule has 0 rings (SSSR count). The molecule has 19 heavy (non-hydrogen) atoms. The fourth-order valence-corrected chi connectivity index (χ4v) is 0.735. The average molecular weight is 329 g/mol. The molecule has 0 aromatic heterocycles. The molecule has 0 saturated carbocycles. The molecule has 1 nitrogen and oxygen atoms in total. The summed E-state index contributed by atoms with van der Waals surface area (Å²) in [6.07, 6.45) is -5.11. The van der Waals surface area contributed by atoms with Crippen LogP contribution in [0.25, 0.3) is 0 Å². The first-order valence-electron chi connectivity index (χ1n) is 4.02. The van der Waals surface area contributed by atoms with E-state index < -0.39 is 42.1 Å². The summed E-state index contributed by atoms with van der Waals surface area (Å²) in [7, 11) is 0. The lowest BCUT2D eigenvalue weighted by Crippen LogP contribution is -2.59. The molecule has 0 aromatic rings. The van der Waals surface area contributed by atoms with E-state index in [9.17, 15) is 43.9 Å². The van der Waals surface area contributed by atoms with Gasteiger partial charge in [0.05, 0.1) is 0 Å². The minimum Gasteiger partial charge on any atom is -0.461 e. The van der Waals surface area contributed by atoms with Gasteiger partial charge in [-0.3, -0.25) is 0 Å². The molecule has 0 N–H and O–H groups in total. The van der Waals surface area contributed by atoms with Gasteiger partial charge in [0.1, 0.15) is 0 Å². The highest BCUT2D eigenvalue weighted by Crippen LogP contribution is 2.48. The van der Waals surface area contributed by atoms with E-state index in [0.717, 1.165) is 0 Å². The van der Waals surface area contributed by atoms with Gasteiger partial charge in [-0.05, 0) is 11.6 Å². The second-order valence-electron chi connectivity index (χ2n) is 3.03. The van der Waals surface area contributed by atoms with Crippen LogP contribution < -0.4 is 0 Å². The first-order chi connectivity index (χ1) is 8.27. The zero-order chi connectivity index (χ0) is 15.6. The molecular formula is C7H3ClF10O. The Bertz CT molecular complexity index is 348. The lowest BCUT2D eigenvalue weighted by atomic mass is 10.1. The molecule has 0 saturated heterocycles. The highest BCUT2D eigenvalue weighted by Gasteiger charge is 2.75. The van der Waals surface area contributed by atoms with Gasteiger partial charge in [0.15, 0.2) is 6.61 Å². The van der Waals surface area contributed by atoms with E-state index in [-0.39, 0.29) is 0 Å². The van der Waals surface area contributed by atoms with Crippen molar-refractivity contribution in [2.45, 2.75) is 24.2 Å². The number of halogens is 11. The molecule has 0 aromatic carbocycles. The van der Waals surface area contributed by atoms with Crippen molar-refractivity contribution in [3.05, 3.63) is 11.3 Å². The normalized spacial score (nSPS) is 15.6. The summed E-state index contributed by atoms with van der Waals surface area (Å²) in [6.45, 7) is -2.83. The summed E-state index contributed by atoms with van der Waals surface area (Å²) in [5.41, 5.74) is 0. The van der Waals surface area contributed by atoms with Crippen LogP contribution in [-0.2, 0) is 4.74 Å². The zero-order valence-electron chi connectivity index (χ0n) is 8.35. The van der Waals surface area contributed by atoms with Gasteiger partial charge in [0.25, 0.3) is 5.29 Å². The molecule has 0 bridgehead atoms. The van der Waals surface area contributed by atoms with Crippen LogP contribution >= 0.6 is 11.6 Å². The van der Waals surface area contributed by atoms with Crippen molar-refractivity contribution >= 4 is 11.6 Å². The molecule has 114 valence electrons. The molecule has 12 heteroatoms. The third kappa shape index (κ3) is 3.57. The monoisotopic (exact) mass is 328 g/mol. The Morgan fingerprint density at radius 1 is 1.00 bits per heavy atom. The summed E-state index contributed by atoms with van der Waals surface area (Å²) < 4.78 is 125. The van der Waals surface area contributed by atoms with E-state index in [2.05, 4.69) is 16.3 Å². The maximum absolute atomic E-state index is 12.6. The molecule has 0 aliphatic heterocycles. The van der Waals surface area contributed by atoms with Crippen LogP contribution in [0.4, 0.5) is 43.9 Å². The number of hydrogen-bond donors (Lipinski definition) is 0. The summed E-state index contributed by atoms with van der Waals surface area (Å²) >= 11 is 4.22. The predicted molar refractivity (Wildman–Crippen MR) is 41.9 cm³/mol. The Balaban J connectivity index is 5.14. The van der Waals surface area contributed by atoms with E-state index in [0.29, 0.717) is 0 Å². The van der Waals surface area contributed by atoms with E-state index in [1.807, 2.05) is 0 Å². The van der Waals surface area contributed by atoms with Gasteiger partial charge < -0.3 is 4.74 Å². The van der Waals surface area contributed by atoms with Crippen LogP contribution in [0.3, 0.4) is 0 Å². The number of rotatable bonds is 6. The molecular weight excluding hydrogens is 326 g/mol. The standard InChI is InChI=1S/C7H3ClF10O/c8-2(9)3(10)19-1-5(13,14)7(17,18)6(15,16)4(11)12/h4H,1H2/b3-2-. The van der Waals surface area contributed by atoms with Crippen molar-refractivity contribution in [3.63, 3.8) is 0 Å². The number of hydrogen-bond acceptors (Lipinski definition) is 1. The average Bonchev–Trinajstić information content (AvgIpc) is 2.24. The van der Waals surface area contributed by atoms with Gasteiger partial charge in [0.2, 0.25) is 0 Å². The first kappa shape index (κ1) is 18.1. The van der Waals surface area contributed by atoms with Crippen LogP contribution in [-0.4, -0.2) is 30.8 Å². The van der Waals surface area contributed by atoms with Crippen LogP contribution in [0.1, 0.15) is 0 Å². The maximum atomic E-state index is 12.6. The SMILES string of the molecule is F/C(Cl)=C(/F)OCC(F)(F)C(F)(F)C(F)(F)C(F)F. The summed E-state index contributed by atoms with van der Waals surface area (Å²) in [5, 5.41) is -2.35. The van der Waals surface area contributed by atoms with Crippen molar-refractivity contribution in [2.75, 3.05) is 6.61 Å². The van der Waals surface area contributed by atoms with E-state index in [4.69, 9.17) is 0 Å². The minimum absolute atomic E-state index is 2.35. The molecule has 0 unspecified atom stereocenters. The topological polar surface area (TPSA) is 9.23 Å². The zero-order valence-corrected chi connectivity index (χ0v) is 9.11. The third-order valence-electron chi connectivity index (χ3n) is 1.68. The van der Waals surface area contributed by atoms with Crippen molar-refractivity contribution in [2.24, 2.45) is 0 Å². The summed E-state index contributed by atoms with van der Waals surface area (Å²) in [5.74, 6) is -18.9. The lowest BCUT2D eigenvalue weighted by molar-refractivity contribution is -0.345. The Morgan fingerprint density at radius 2 is 1.42 bits per heavy atom. The van der Waals surface area contributed by atoms with Crippen LogP contribution in [0.5, 0.6) is 0 Å². The molecule has 0 aliphatic carbocycles. The molecule has 0 amide bonds. The fraction of sp³-hybridized carbons (Fsp3) is 0.714. The Hall–Kier alpha value is -0.870. The Morgan fingerprint density at radius 3 is 1.74 bits per heavy atom. The highest BCUT2D eigenvalue weighted by atomic mass is 35.5. The molecule has 0 heterocycles. The lowest BCUT2D eigenvalue weighted by Gasteiger charge is -2.31. The van der Waals surface area contributed by atoms with Gasteiger partial charge in [-0.1, -0.05) is 0 Å². The van der Waals surface area contributed by atoms with Gasteiger partial charge in [0, 0.05) is 0 Å². The molecule has 0 atom stereocenters. The van der Waals surface area contributed by atoms with Gasteiger partial charge >= 0.3 is 30.2 Å². The largest absolute Gasteiger partial charge is 0.461 e. The highest BCUT2D eigenvalue weighted by molar-refractivity contribution is 6.28. The van der Waals surface area contributed by atoms with E-state index >= 15 is 0 Å². The minimum atomic E-state index is -6.56. The second-order valence-corrected chi connectivity index (χ2v) is 3.36. The predicted octanol–water partition coefficient (Wildman–Crippen LogP) is 4.48. The van der Waals surface area contributed by atoms with Gasteiger partial charge in [-0.2, -0.15) is 35.1 Å². The van der Waals surface area contributed by atoms with E-state index in [1.165, 1.54) is 0 Å². The summed E-state index contributed by atoms with van der Waals surface area (Å²) in [4.78, 5) is 0. The van der Waals surface area contributed by atoms with Crippen molar-refractivity contribution in [3.8, 4) is 0 Å². The number of alkyl halides is 8. The summed E-state index contributed by atoms with van der Waals surface area (Å²) in [6, 6.07) is -2.59.